The van der Waals surface area contributed by atoms with Crippen LogP contribution in [0.3, 0.4) is 0 Å². The number of hydrogen-bond donors (Lipinski definition) is 0. The molecular weight excluding hydrogens is 234 g/mol. The third-order valence-corrected chi connectivity index (χ3v) is 4.35. The maximum atomic E-state index is 11.4. The van der Waals surface area contributed by atoms with Crippen LogP contribution in [-0.4, -0.2) is 17.6 Å². The number of carbonyl (C=O) groups excluding carboxylic acids is 1. The van der Waals surface area contributed by atoms with Gasteiger partial charge in [-0.3, -0.25) is 4.79 Å². The summed E-state index contributed by atoms with van der Waals surface area (Å²) < 4.78 is 4.99. The van der Waals surface area contributed by atoms with Gasteiger partial charge in [0.15, 0.2) is 0 Å². The topological polar surface area (TPSA) is 39.2 Å². The lowest BCUT2D eigenvalue weighted by atomic mass is 9.81. The predicted molar refractivity (Wildman–Crippen MR) is 68.1 cm³/mol. The van der Waals surface area contributed by atoms with E-state index in [9.17, 15) is 4.79 Å². The van der Waals surface area contributed by atoms with Crippen LogP contribution in [-0.2, 0) is 9.53 Å². The molecule has 0 aliphatic heterocycles. The van der Waals surface area contributed by atoms with Gasteiger partial charge in [-0.1, -0.05) is 0 Å². The van der Waals surface area contributed by atoms with Crippen molar-refractivity contribution in [2.24, 2.45) is 5.92 Å². The molecule has 0 radical (unpaired) electrons. The van der Waals surface area contributed by atoms with Gasteiger partial charge in [0.05, 0.1) is 11.6 Å². The maximum Gasteiger partial charge on any atom is 0.306 e. The van der Waals surface area contributed by atoms with Crippen molar-refractivity contribution in [3.05, 3.63) is 16.6 Å². The second-order valence-electron chi connectivity index (χ2n) is 4.60. The van der Waals surface area contributed by atoms with Crippen molar-refractivity contribution in [3.63, 3.8) is 0 Å². The predicted octanol–water partition coefficient (Wildman–Crippen LogP) is 3.37. The fraction of sp³-hybridized carbons (Fsp3) is 0.692. The number of thiazole rings is 1. The maximum absolute atomic E-state index is 11.4. The zero-order valence-corrected chi connectivity index (χ0v) is 11.0. The van der Waals surface area contributed by atoms with Crippen LogP contribution in [0.4, 0.5) is 0 Å². The van der Waals surface area contributed by atoms with Crippen LogP contribution in [0.15, 0.2) is 11.6 Å². The highest BCUT2D eigenvalue weighted by Gasteiger charge is 2.25. The Balaban J connectivity index is 1.76. The standard InChI is InChI=1S/C13H19NO2S/c1-2-16-12(15)9-10-3-5-11(6-4-10)13-14-7-8-17-13/h7-8,10-11H,2-6,9H2,1H3. The summed E-state index contributed by atoms with van der Waals surface area (Å²) in [5.41, 5.74) is 0. The monoisotopic (exact) mass is 253 g/mol. The summed E-state index contributed by atoms with van der Waals surface area (Å²) in [5, 5.41) is 3.31. The van der Waals surface area contributed by atoms with Gasteiger partial charge in [0, 0.05) is 23.9 Å². The molecular formula is C13H19NO2S. The number of ether oxygens (including phenoxy) is 1. The summed E-state index contributed by atoms with van der Waals surface area (Å²) in [6.45, 7) is 2.35. The van der Waals surface area contributed by atoms with E-state index in [2.05, 4.69) is 4.98 Å². The molecule has 1 saturated carbocycles. The summed E-state index contributed by atoms with van der Waals surface area (Å²) in [4.78, 5) is 15.8. The fourth-order valence-corrected chi connectivity index (χ4v) is 3.32. The Bertz CT molecular complexity index is 342. The first-order valence-electron chi connectivity index (χ1n) is 6.34. The molecule has 17 heavy (non-hydrogen) atoms. The minimum absolute atomic E-state index is 0.0369. The summed E-state index contributed by atoms with van der Waals surface area (Å²) in [5.74, 6) is 1.10. The van der Waals surface area contributed by atoms with E-state index in [1.807, 2.05) is 18.5 Å². The lowest BCUT2D eigenvalue weighted by Gasteiger charge is -2.26. The molecule has 1 aromatic heterocycles. The van der Waals surface area contributed by atoms with Gasteiger partial charge in [0.2, 0.25) is 0 Å². The number of aromatic nitrogens is 1. The Hall–Kier alpha value is -0.900. The van der Waals surface area contributed by atoms with E-state index in [0.29, 0.717) is 24.9 Å². The van der Waals surface area contributed by atoms with Crippen molar-refractivity contribution >= 4 is 17.3 Å². The first-order valence-corrected chi connectivity index (χ1v) is 7.22. The molecule has 0 spiro atoms. The van der Waals surface area contributed by atoms with Crippen LogP contribution >= 0.6 is 11.3 Å². The van der Waals surface area contributed by atoms with Crippen LogP contribution in [0, 0.1) is 5.92 Å². The summed E-state index contributed by atoms with van der Waals surface area (Å²) in [6.07, 6.45) is 7.06. The number of rotatable bonds is 4. The number of esters is 1. The van der Waals surface area contributed by atoms with E-state index in [1.54, 1.807) is 11.3 Å². The summed E-state index contributed by atoms with van der Waals surface area (Å²) >= 11 is 1.75. The Morgan fingerprint density at radius 1 is 1.47 bits per heavy atom. The van der Waals surface area contributed by atoms with Gasteiger partial charge in [-0.25, -0.2) is 4.98 Å². The van der Waals surface area contributed by atoms with Crippen LogP contribution < -0.4 is 0 Å². The van der Waals surface area contributed by atoms with E-state index in [0.717, 1.165) is 25.7 Å². The van der Waals surface area contributed by atoms with Gasteiger partial charge < -0.3 is 4.74 Å². The van der Waals surface area contributed by atoms with Crippen LogP contribution in [0.2, 0.25) is 0 Å². The van der Waals surface area contributed by atoms with Crippen molar-refractivity contribution in [1.29, 1.82) is 0 Å². The van der Waals surface area contributed by atoms with Crippen molar-refractivity contribution in [1.82, 2.24) is 4.98 Å². The van der Waals surface area contributed by atoms with Crippen molar-refractivity contribution < 1.29 is 9.53 Å². The van der Waals surface area contributed by atoms with Crippen molar-refractivity contribution in [3.8, 4) is 0 Å². The van der Waals surface area contributed by atoms with Crippen LogP contribution in [0.25, 0.3) is 0 Å². The van der Waals surface area contributed by atoms with Gasteiger partial charge in [-0.05, 0) is 38.5 Å². The second-order valence-corrected chi connectivity index (χ2v) is 5.52. The molecule has 1 aromatic rings. The van der Waals surface area contributed by atoms with E-state index in [4.69, 9.17) is 4.74 Å². The Labute approximate surface area is 106 Å². The first-order chi connectivity index (χ1) is 8.29. The van der Waals surface area contributed by atoms with Gasteiger partial charge in [0.25, 0.3) is 0 Å². The first kappa shape index (κ1) is 12.6. The molecule has 0 atom stereocenters. The third-order valence-electron chi connectivity index (χ3n) is 3.41. The molecule has 0 saturated heterocycles. The zero-order chi connectivity index (χ0) is 12.1. The molecule has 1 heterocycles. The molecule has 0 unspecified atom stereocenters. The molecule has 0 bridgehead atoms. The lowest BCUT2D eigenvalue weighted by molar-refractivity contribution is -0.144. The largest absolute Gasteiger partial charge is 0.466 e. The molecule has 1 fully saturated rings. The van der Waals surface area contributed by atoms with Gasteiger partial charge in [0.1, 0.15) is 0 Å². The average molecular weight is 253 g/mol. The van der Waals surface area contributed by atoms with Crippen molar-refractivity contribution in [2.75, 3.05) is 6.61 Å². The molecule has 1 aliphatic carbocycles. The highest BCUT2D eigenvalue weighted by molar-refractivity contribution is 7.09. The molecule has 0 amide bonds. The minimum atomic E-state index is -0.0369. The highest BCUT2D eigenvalue weighted by Crippen LogP contribution is 2.37. The van der Waals surface area contributed by atoms with Gasteiger partial charge in [-0.15, -0.1) is 11.3 Å². The number of carbonyl (C=O) groups is 1. The fourth-order valence-electron chi connectivity index (χ4n) is 2.51. The van der Waals surface area contributed by atoms with E-state index >= 15 is 0 Å². The lowest BCUT2D eigenvalue weighted by Crippen LogP contribution is -2.17. The van der Waals surface area contributed by atoms with Crippen LogP contribution in [0.1, 0.15) is 50.0 Å². The smallest absolute Gasteiger partial charge is 0.306 e. The number of hydrogen-bond acceptors (Lipinski definition) is 4. The molecule has 0 aromatic carbocycles. The van der Waals surface area contributed by atoms with Gasteiger partial charge in [-0.2, -0.15) is 0 Å². The minimum Gasteiger partial charge on any atom is -0.466 e. The normalized spacial score (nSPS) is 24.5. The summed E-state index contributed by atoms with van der Waals surface area (Å²) in [6, 6.07) is 0. The second kappa shape index (κ2) is 6.15. The molecule has 0 N–H and O–H groups in total. The third kappa shape index (κ3) is 3.53. The Morgan fingerprint density at radius 3 is 2.82 bits per heavy atom. The molecule has 94 valence electrons. The summed E-state index contributed by atoms with van der Waals surface area (Å²) in [7, 11) is 0. The Kier molecular flexibility index (Phi) is 4.54. The quantitative estimate of drug-likeness (QED) is 0.772. The Morgan fingerprint density at radius 2 is 2.24 bits per heavy atom. The van der Waals surface area contributed by atoms with E-state index in [-0.39, 0.29) is 5.97 Å². The highest BCUT2D eigenvalue weighted by atomic mass is 32.1. The van der Waals surface area contributed by atoms with Crippen molar-refractivity contribution in [2.45, 2.75) is 44.9 Å². The molecule has 3 nitrogen and oxygen atoms in total. The molecule has 1 aliphatic rings. The molecule has 2 rings (SSSR count). The van der Waals surface area contributed by atoms with Gasteiger partial charge >= 0.3 is 5.97 Å². The SMILES string of the molecule is CCOC(=O)CC1CCC(c2nccs2)CC1. The van der Waals surface area contributed by atoms with E-state index in [1.165, 1.54) is 5.01 Å². The molecule has 4 heteroatoms. The zero-order valence-electron chi connectivity index (χ0n) is 10.2. The van der Waals surface area contributed by atoms with Crippen LogP contribution in [0.5, 0.6) is 0 Å². The van der Waals surface area contributed by atoms with E-state index < -0.39 is 0 Å². The average Bonchev–Trinajstić information content (AvgIpc) is 2.84. The number of nitrogens with zero attached hydrogens (tertiary/aromatic N) is 1.